The summed E-state index contributed by atoms with van der Waals surface area (Å²) in [7, 11) is 0. The molecule has 1 amide bonds. The van der Waals surface area contributed by atoms with Gasteiger partial charge in [0.05, 0.1) is 23.0 Å². The van der Waals surface area contributed by atoms with Gasteiger partial charge in [-0.2, -0.15) is 5.10 Å². The number of hydrogen-bond donors (Lipinski definition) is 2. The Hall–Kier alpha value is -1.66. The molecule has 0 aliphatic carbocycles. The van der Waals surface area contributed by atoms with E-state index in [2.05, 4.69) is 47.4 Å². The largest absolute Gasteiger partial charge is 0.321 e. The SMILES string of the molecule is O=C(Nc1cccc2[nH]ncc12)c1ccc(Br)cc1Br. The van der Waals surface area contributed by atoms with Crippen LogP contribution in [0, 0.1) is 0 Å². The van der Waals surface area contributed by atoms with Gasteiger partial charge in [-0.3, -0.25) is 9.89 Å². The first-order valence-corrected chi connectivity index (χ1v) is 7.42. The van der Waals surface area contributed by atoms with Crippen molar-refractivity contribution >= 4 is 54.4 Å². The molecule has 1 heterocycles. The lowest BCUT2D eigenvalue weighted by molar-refractivity contribution is 0.102. The minimum atomic E-state index is -0.168. The molecule has 100 valence electrons. The molecular weight excluding hydrogens is 386 g/mol. The Morgan fingerprint density at radius 3 is 2.85 bits per heavy atom. The van der Waals surface area contributed by atoms with E-state index in [1.165, 1.54) is 0 Å². The molecule has 0 aliphatic heterocycles. The van der Waals surface area contributed by atoms with Gasteiger partial charge in [0, 0.05) is 14.3 Å². The van der Waals surface area contributed by atoms with E-state index in [4.69, 9.17) is 0 Å². The van der Waals surface area contributed by atoms with E-state index >= 15 is 0 Å². The number of halogens is 2. The predicted molar refractivity (Wildman–Crippen MR) is 85.9 cm³/mol. The van der Waals surface area contributed by atoms with Gasteiger partial charge in [-0.25, -0.2) is 0 Å². The lowest BCUT2D eigenvalue weighted by Crippen LogP contribution is -2.12. The molecule has 0 unspecified atom stereocenters. The number of carbonyl (C=O) groups is 1. The molecule has 0 atom stereocenters. The summed E-state index contributed by atoms with van der Waals surface area (Å²) in [5.74, 6) is -0.168. The molecule has 0 saturated heterocycles. The molecule has 0 saturated carbocycles. The summed E-state index contributed by atoms with van der Waals surface area (Å²) < 4.78 is 1.65. The molecule has 20 heavy (non-hydrogen) atoms. The second kappa shape index (κ2) is 5.38. The van der Waals surface area contributed by atoms with Crippen molar-refractivity contribution in [3.05, 3.63) is 57.1 Å². The van der Waals surface area contributed by atoms with Gasteiger partial charge in [0.25, 0.3) is 5.91 Å². The zero-order valence-electron chi connectivity index (χ0n) is 10.2. The van der Waals surface area contributed by atoms with Crippen molar-refractivity contribution in [3.63, 3.8) is 0 Å². The topological polar surface area (TPSA) is 57.8 Å². The molecule has 2 N–H and O–H groups in total. The maximum Gasteiger partial charge on any atom is 0.256 e. The molecule has 0 fully saturated rings. The predicted octanol–water partition coefficient (Wildman–Crippen LogP) is 4.34. The van der Waals surface area contributed by atoms with E-state index in [1.807, 2.05) is 30.3 Å². The third kappa shape index (κ3) is 2.48. The van der Waals surface area contributed by atoms with E-state index < -0.39 is 0 Å². The first-order chi connectivity index (χ1) is 9.65. The second-order valence-electron chi connectivity index (χ2n) is 4.22. The fourth-order valence-electron chi connectivity index (χ4n) is 1.94. The van der Waals surface area contributed by atoms with E-state index in [1.54, 1.807) is 12.3 Å². The number of aromatic amines is 1. The van der Waals surface area contributed by atoms with Crippen LogP contribution in [0.5, 0.6) is 0 Å². The number of nitrogens with zero attached hydrogens (tertiary/aromatic N) is 1. The highest BCUT2D eigenvalue weighted by molar-refractivity contribution is 9.11. The number of benzene rings is 2. The molecular formula is C14H9Br2N3O. The fourth-order valence-corrected chi connectivity index (χ4v) is 3.17. The normalized spacial score (nSPS) is 10.7. The highest BCUT2D eigenvalue weighted by Crippen LogP contribution is 2.25. The first-order valence-electron chi connectivity index (χ1n) is 5.83. The standard InChI is InChI=1S/C14H9Br2N3O/c15-8-4-5-9(11(16)6-8)14(20)18-12-2-1-3-13-10(12)7-17-19-13/h1-7H,(H,17,19)(H,18,20). The number of H-pyrrole nitrogens is 1. The molecule has 2 aromatic carbocycles. The average molecular weight is 395 g/mol. The summed E-state index contributed by atoms with van der Waals surface area (Å²) in [6.07, 6.45) is 1.70. The third-order valence-corrected chi connectivity index (χ3v) is 4.06. The van der Waals surface area contributed by atoms with Crippen LogP contribution in [0.25, 0.3) is 10.9 Å². The van der Waals surface area contributed by atoms with Gasteiger partial charge in [-0.15, -0.1) is 0 Å². The summed E-state index contributed by atoms with van der Waals surface area (Å²) in [5.41, 5.74) is 2.20. The van der Waals surface area contributed by atoms with E-state index in [0.29, 0.717) is 5.56 Å². The van der Waals surface area contributed by atoms with Crippen molar-refractivity contribution in [2.45, 2.75) is 0 Å². The number of hydrogen-bond acceptors (Lipinski definition) is 2. The molecule has 4 nitrogen and oxygen atoms in total. The molecule has 3 rings (SSSR count). The highest BCUT2D eigenvalue weighted by atomic mass is 79.9. The van der Waals surface area contributed by atoms with Crippen molar-refractivity contribution in [3.8, 4) is 0 Å². The van der Waals surface area contributed by atoms with Crippen LogP contribution in [-0.2, 0) is 0 Å². The molecule has 1 aromatic heterocycles. The van der Waals surface area contributed by atoms with Crippen molar-refractivity contribution < 1.29 is 4.79 Å². The van der Waals surface area contributed by atoms with Gasteiger partial charge in [0.1, 0.15) is 0 Å². The lowest BCUT2D eigenvalue weighted by atomic mass is 10.2. The zero-order valence-corrected chi connectivity index (χ0v) is 13.3. The number of nitrogens with one attached hydrogen (secondary N) is 2. The summed E-state index contributed by atoms with van der Waals surface area (Å²) in [6, 6.07) is 11.1. The Balaban J connectivity index is 1.94. The quantitative estimate of drug-likeness (QED) is 0.679. The van der Waals surface area contributed by atoms with Gasteiger partial charge in [0.2, 0.25) is 0 Å². The van der Waals surface area contributed by atoms with Gasteiger partial charge in [0.15, 0.2) is 0 Å². The molecule has 3 aromatic rings. The van der Waals surface area contributed by atoms with Crippen LogP contribution in [0.1, 0.15) is 10.4 Å². The van der Waals surface area contributed by atoms with Crippen molar-refractivity contribution in [2.75, 3.05) is 5.32 Å². The van der Waals surface area contributed by atoms with Gasteiger partial charge in [-0.05, 0) is 46.3 Å². The van der Waals surface area contributed by atoms with Gasteiger partial charge >= 0.3 is 0 Å². The highest BCUT2D eigenvalue weighted by Gasteiger charge is 2.12. The van der Waals surface area contributed by atoms with Crippen molar-refractivity contribution in [2.24, 2.45) is 0 Å². The minimum absolute atomic E-state index is 0.168. The number of rotatable bonds is 2. The number of carbonyl (C=O) groups excluding carboxylic acids is 1. The number of aromatic nitrogens is 2. The Kier molecular flexibility index (Phi) is 3.58. The van der Waals surface area contributed by atoms with Crippen molar-refractivity contribution in [1.82, 2.24) is 10.2 Å². The molecule has 0 radical (unpaired) electrons. The Bertz CT molecular complexity index is 798. The molecule has 0 aliphatic rings. The summed E-state index contributed by atoms with van der Waals surface area (Å²) >= 11 is 6.76. The summed E-state index contributed by atoms with van der Waals surface area (Å²) in [4.78, 5) is 12.3. The Morgan fingerprint density at radius 1 is 1.20 bits per heavy atom. The van der Waals surface area contributed by atoms with Crippen LogP contribution < -0.4 is 5.32 Å². The fraction of sp³-hybridized carbons (Fsp3) is 0. The van der Waals surface area contributed by atoms with Gasteiger partial charge < -0.3 is 5.32 Å². The number of amides is 1. The number of fused-ring (bicyclic) bond motifs is 1. The van der Waals surface area contributed by atoms with E-state index in [0.717, 1.165) is 25.5 Å². The molecule has 0 bridgehead atoms. The lowest BCUT2D eigenvalue weighted by Gasteiger charge is -2.08. The maximum absolute atomic E-state index is 12.3. The van der Waals surface area contributed by atoms with Crippen LogP contribution >= 0.6 is 31.9 Å². The minimum Gasteiger partial charge on any atom is -0.321 e. The molecule has 0 spiro atoms. The first kappa shape index (κ1) is 13.3. The Labute approximate surface area is 131 Å². The van der Waals surface area contributed by atoms with Crippen LogP contribution in [0.4, 0.5) is 5.69 Å². The monoisotopic (exact) mass is 393 g/mol. The van der Waals surface area contributed by atoms with Crippen LogP contribution in [0.15, 0.2) is 51.5 Å². The summed E-state index contributed by atoms with van der Waals surface area (Å²) in [6.45, 7) is 0. The van der Waals surface area contributed by atoms with Crippen LogP contribution in [-0.4, -0.2) is 16.1 Å². The average Bonchev–Trinajstić information content (AvgIpc) is 2.87. The number of anilines is 1. The third-order valence-electron chi connectivity index (χ3n) is 2.91. The molecule has 6 heteroatoms. The van der Waals surface area contributed by atoms with Crippen molar-refractivity contribution in [1.29, 1.82) is 0 Å². The van der Waals surface area contributed by atoms with Gasteiger partial charge in [-0.1, -0.05) is 22.0 Å². The summed E-state index contributed by atoms with van der Waals surface area (Å²) in [5, 5.41) is 10.6. The van der Waals surface area contributed by atoms with E-state index in [9.17, 15) is 4.79 Å². The Morgan fingerprint density at radius 2 is 2.05 bits per heavy atom. The van der Waals surface area contributed by atoms with Crippen LogP contribution in [0.2, 0.25) is 0 Å². The van der Waals surface area contributed by atoms with E-state index in [-0.39, 0.29) is 5.91 Å². The zero-order chi connectivity index (χ0) is 14.1. The smallest absolute Gasteiger partial charge is 0.256 e. The van der Waals surface area contributed by atoms with Crippen LogP contribution in [0.3, 0.4) is 0 Å². The maximum atomic E-state index is 12.3. The second-order valence-corrected chi connectivity index (χ2v) is 5.99.